The standard InChI is InChI=1S/C10H10N2S/c1-12-8-5-3-2-4-7(8)6-9(12)10(11)13/h2-6H,1H3,(H2,11,13). The summed E-state index contributed by atoms with van der Waals surface area (Å²) < 4.78 is 2.01. The lowest BCUT2D eigenvalue weighted by Crippen LogP contribution is -2.13. The second kappa shape index (κ2) is 2.85. The molecule has 0 spiro atoms. The van der Waals surface area contributed by atoms with E-state index in [1.807, 2.05) is 29.8 Å². The van der Waals surface area contributed by atoms with Gasteiger partial charge in [0, 0.05) is 18.0 Å². The van der Waals surface area contributed by atoms with Crippen LogP contribution in [0.4, 0.5) is 0 Å². The van der Waals surface area contributed by atoms with Crippen molar-refractivity contribution in [3.63, 3.8) is 0 Å². The van der Waals surface area contributed by atoms with Gasteiger partial charge in [-0.25, -0.2) is 0 Å². The summed E-state index contributed by atoms with van der Waals surface area (Å²) in [5.41, 5.74) is 7.66. The summed E-state index contributed by atoms with van der Waals surface area (Å²) >= 11 is 4.95. The molecule has 0 radical (unpaired) electrons. The number of hydrogen-bond donors (Lipinski definition) is 1. The second-order valence-corrected chi connectivity index (χ2v) is 3.45. The summed E-state index contributed by atoms with van der Waals surface area (Å²) in [7, 11) is 1.97. The molecule has 0 atom stereocenters. The van der Waals surface area contributed by atoms with E-state index in [9.17, 15) is 0 Å². The van der Waals surface area contributed by atoms with Gasteiger partial charge in [0.05, 0.1) is 5.69 Å². The average Bonchev–Trinajstić information content (AvgIpc) is 2.45. The molecule has 0 amide bonds. The van der Waals surface area contributed by atoms with E-state index in [0.29, 0.717) is 4.99 Å². The smallest absolute Gasteiger partial charge is 0.120 e. The molecule has 0 aliphatic heterocycles. The molecule has 0 saturated heterocycles. The Balaban J connectivity index is 2.81. The zero-order chi connectivity index (χ0) is 9.42. The van der Waals surface area contributed by atoms with Crippen molar-refractivity contribution in [3.05, 3.63) is 36.0 Å². The lowest BCUT2D eigenvalue weighted by molar-refractivity contribution is 0.956. The van der Waals surface area contributed by atoms with Gasteiger partial charge in [-0.15, -0.1) is 0 Å². The van der Waals surface area contributed by atoms with Crippen LogP contribution in [0.2, 0.25) is 0 Å². The number of nitrogens with two attached hydrogens (primary N) is 1. The number of hydrogen-bond acceptors (Lipinski definition) is 1. The van der Waals surface area contributed by atoms with Gasteiger partial charge in [-0.05, 0) is 12.1 Å². The molecule has 2 rings (SSSR count). The number of benzene rings is 1. The van der Waals surface area contributed by atoms with E-state index < -0.39 is 0 Å². The van der Waals surface area contributed by atoms with E-state index in [4.69, 9.17) is 18.0 Å². The van der Waals surface area contributed by atoms with Crippen LogP contribution in [0.5, 0.6) is 0 Å². The van der Waals surface area contributed by atoms with Gasteiger partial charge >= 0.3 is 0 Å². The number of aromatic nitrogens is 1. The van der Waals surface area contributed by atoms with Gasteiger partial charge < -0.3 is 10.3 Å². The highest BCUT2D eigenvalue weighted by molar-refractivity contribution is 7.80. The van der Waals surface area contributed by atoms with Crippen molar-refractivity contribution in [2.24, 2.45) is 12.8 Å². The minimum absolute atomic E-state index is 0.443. The molecule has 2 N–H and O–H groups in total. The first-order valence-corrected chi connectivity index (χ1v) is 4.45. The minimum Gasteiger partial charge on any atom is -0.388 e. The third kappa shape index (κ3) is 1.21. The molecule has 0 aliphatic carbocycles. The van der Waals surface area contributed by atoms with Gasteiger partial charge in [-0.1, -0.05) is 30.4 Å². The van der Waals surface area contributed by atoms with Crippen LogP contribution in [0, 0.1) is 0 Å². The van der Waals surface area contributed by atoms with Crippen LogP contribution in [-0.2, 0) is 7.05 Å². The molecule has 2 nitrogen and oxygen atoms in total. The van der Waals surface area contributed by atoms with E-state index >= 15 is 0 Å². The molecular weight excluding hydrogens is 180 g/mol. The fourth-order valence-electron chi connectivity index (χ4n) is 1.53. The Labute approximate surface area is 82.0 Å². The molecule has 0 unspecified atom stereocenters. The maximum atomic E-state index is 5.59. The normalized spacial score (nSPS) is 10.5. The van der Waals surface area contributed by atoms with Gasteiger partial charge in [0.15, 0.2) is 0 Å². The Hall–Kier alpha value is -1.35. The Morgan fingerprint density at radius 1 is 1.38 bits per heavy atom. The Morgan fingerprint density at radius 3 is 2.69 bits per heavy atom. The predicted molar refractivity (Wildman–Crippen MR) is 58.8 cm³/mol. The molecule has 0 saturated carbocycles. The molecule has 0 fully saturated rings. The van der Waals surface area contributed by atoms with Gasteiger partial charge in [0.1, 0.15) is 4.99 Å². The SMILES string of the molecule is Cn1c(C(N)=S)cc2ccccc21. The van der Waals surface area contributed by atoms with Crippen molar-refractivity contribution in [1.29, 1.82) is 0 Å². The van der Waals surface area contributed by atoms with Crippen molar-refractivity contribution in [2.45, 2.75) is 0 Å². The summed E-state index contributed by atoms with van der Waals surface area (Å²) in [6.45, 7) is 0. The summed E-state index contributed by atoms with van der Waals surface area (Å²) in [6.07, 6.45) is 0. The molecule has 0 aliphatic rings. The molecule has 2 aromatic rings. The number of fused-ring (bicyclic) bond motifs is 1. The molecule has 66 valence electrons. The van der Waals surface area contributed by atoms with Crippen molar-refractivity contribution in [3.8, 4) is 0 Å². The monoisotopic (exact) mass is 190 g/mol. The highest BCUT2D eigenvalue weighted by Gasteiger charge is 2.05. The first kappa shape index (κ1) is 8.26. The first-order chi connectivity index (χ1) is 6.20. The number of nitrogens with zero attached hydrogens (tertiary/aromatic N) is 1. The van der Waals surface area contributed by atoms with Gasteiger partial charge in [0.25, 0.3) is 0 Å². The van der Waals surface area contributed by atoms with Gasteiger partial charge in [-0.3, -0.25) is 0 Å². The zero-order valence-electron chi connectivity index (χ0n) is 7.32. The highest BCUT2D eigenvalue weighted by atomic mass is 32.1. The molecule has 1 aromatic carbocycles. The largest absolute Gasteiger partial charge is 0.388 e. The number of rotatable bonds is 1. The van der Waals surface area contributed by atoms with E-state index in [2.05, 4.69) is 12.1 Å². The topological polar surface area (TPSA) is 30.9 Å². The molecule has 1 aromatic heterocycles. The third-order valence-electron chi connectivity index (χ3n) is 2.20. The lowest BCUT2D eigenvalue weighted by Gasteiger charge is -2.00. The summed E-state index contributed by atoms with van der Waals surface area (Å²) in [5, 5.41) is 1.17. The van der Waals surface area contributed by atoms with Crippen molar-refractivity contribution < 1.29 is 0 Å². The fourth-order valence-corrected chi connectivity index (χ4v) is 1.72. The molecule has 1 heterocycles. The fraction of sp³-hybridized carbons (Fsp3) is 0.100. The maximum Gasteiger partial charge on any atom is 0.120 e. The highest BCUT2D eigenvalue weighted by Crippen LogP contribution is 2.17. The third-order valence-corrected chi connectivity index (χ3v) is 2.41. The Kier molecular flexibility index (Phi) is 1.81. The lowest BCUT2D eigenvalue weighted by atomic mass is 10.2. The van der Waals surface area contributed by atoms with Crippen LogP contribution >= 0.6 is 12.2 Å². The predicted octanol–water partition coefficient (Wildman–Crippen LogP) is 1.81. The number of aryl methyl sites for hydroxylation is 1. The summed E-state index contributed by atoms with van der Waals surface area (Å²) in [6, 6.07) is 10.1. The van der Waals surface area contributed by atoms with Gasteiger partial charge in [-0.2, -0.15) is 0 Å². The van der Waals surface area contributed by atoms with Crippen LogP contribution < -0.4 is 5.73 Å². The molecular formula is C10H10N2S. The average molecular weight is 190 g/mol. The van der Waals surface area contributed by atoms with Crippen LogP contribution in [-0.4, -0.2) is 9.56 Å². The van der Waals surface area contributed by atoms with E-state index in [-0.39, 0.29) is 0 Å². The van der Waals surface area contributed by atoms with Crippen molar-refractivity contribution in [2.75, 3.05) is 0 Å². The van der Waals surface area contributed by atoms with E-state index in [1.165, 1.54) is 5.39 Å². The Bertz CT molecular complexity index is 471. The minimum atomic E-state index is 0.443. The van der Waals surface area contributed by atoms with E-state index in [1.54, 1.807) is 0 Å². The van der Waals surface area contributed by atoms with Crippen molar-refractivity contribution in [1.82, 2.24) is 4.57 Å². The quantitative estimate of drug-likeness (QED) is 0.695. The van der Waals surface area contributed by atoms with Crippen LogP contribution in [0.15, 0.2) is 30.3 Å². The van der Waals surface area contributed by atoms with Crippen LogP contribution in [0.1, 0.15) is 5.69 Å². The second-order valence-electron chi connectivity index (χ2n) is 3.01. The zero-order valence-corrected chi connectivity index (χ0v) is 8.14. The van der Waals surface area contributed by atoms with E-state index in [0.717, 1.165) is 11.2 Å². The molecule has 0 bridgehead atoms. The maximum absolute atomic E-state index is 5.59. The number of para-hydroxylation sites is 1. The van der Waals surface area contributed by atoms with Crippen molar-refractivity contribution >= 4 is 28.1 Å². The van der Waals surface area contributed by atoms with Crippen LogP contribution in [0.25, 0.3) is 10.9 Å². The number of thiocarbonyl (C=S) groups is 1. The van der Waals surface area contributed by atoms with Crippen LogP contribution in [0.3, 0.4) is 0 Å². The molecule has 3 heteroatoms. The van der Waals surface area contributed by atoms with Gasteiger partial charge in [0.2, 0.25) is 0 Å². The summed E-state index contributed by atoms with van der Waals surface area (Å²) in [4.78, 5) is 0.443. The molecule has 13 heavy (non-hydrogen) atoms. The summed E-state index contributed by atoms with van der Waals surface area (Å²) in [5.74, 6) is 0. The first-order valence-electron chi connectivity index (χ1n) is 4.04. The Morgan fingerprint density at radius 2 is 2.08 bits per heavy atom.